The molecular formula is C22H25NO5S. The Morgan fingerprint density at radius 1 is 1.00 bits per heavy atom. The SMILES string of the molecule is Cc1ccc(NC(=O)COC(=O)C2(S(=O)(=O)c3ccccc3)CCCC2)cc1C. The van der Waals surface area contributed by atoms with Crippen molar-refractivity contribution < 1.29 is 22.7 Å². The van der Waals surface area contributed by atoms with Crippen molar-refractivity contribution in [2.24, 2.45) is 0 Å². The number of rotatable bonds is 6. The minimum Gasteiger partial charge on any atom is -0.454 e. The second-order valence-electron chi connectivity index (χ2n) is 7.44. The molecule has 0 saturated heterocycles. The van der Waals surface area contributed by atoms with E-state index in [0.717, 1.165) is 11.1 Å². The molecule has 0 aliphatic heterocycles. The summed E-state index contributed by atoms with van der Waals surface area (Å²) < 4.78 is 30.0. The van der Waals surface area contributed by atoms with Crippen molar-refractivity contribution in [2.45, 2.75) is 49.2 Å². The quantitative estimate of drug-likeness (QED) is 0.729. The lowest BCUT2D eigenvalue weighted by Gasteiger charge is -2.26. The van der Waals surface area contributed by atoms with E-state index in [1.54, 1.807) is 24.3 Å². The van der Waals surface area contributed by atoms with Crippen LogP contribution >= 0.6 is 0 Å². The van der Waals surface area contributed by atoms with Gasteiger partial charge in [-0.2, -0.15) is 0 Å². The lowest BCUT2D eigenvalue weighted by molar-refractivity contribution is -0.149. The van der Waals surface area contributed by atoms with Crippen LogP contribution in [0.5, 0.6) is 0 Å². The van der Waals surface area contributed by atoms with Gasteiger partial charge >= 0.3 is 5.97 Å². The Hall–Kier alpha value is -2.67. The molecule has 0 bridgehead atoms. The van der Waals surface area contributed by atoms with Gasteiger partial charge in [0, 0.05) is 5.69 Å². The fraction of sp³-hybridized carbons (Fsp3) is 0.364. The van der Waals surface area contributed by atoms with E-state index >= 15 is 0 Å². The van der Waals surface area contributed by atoms with Crippen molar-refractivity contribution in [1.29, 1.82) is 0 Å². The number of carbonyl (C=O) groups is 2. The van der Waals surface area contributed by atoms with Crippen molar-refractivity contribution in [3.8, 4) is 0 Å². The Labute approximate surface area is 171 Å². The summed E-state index contributed by atoms with van der Waals surface area (Å²) in [5, 5.41) is 2.67. The average Bonchev–Trinajstić information content (AvgIpc) is 3.21. The van der Waals surface area contributed by atoms with Gasteiger partial charge in [0.25, 0.3) is 5.91 Å². The van der Waals surface area contributed by atoms with Gasteiger partial charge in [0.05, 0.1) is 4.90 Å². The predicted octanol–water partition coefficient (Wildman–Crippen LogP) is 3.57. The first-order valence-electron chi connectivity index (χ1n) is 9.60. The smallest absolute Gasteiger partial charge is 0.328 e. The molecule has 2 aromatic rings. The fourth-order valence-electron chi connectivity index (χ4n) is 3.63. The Bertz CT molecular complexity index is 1010. The second-order valence-corrected chi connectivity index (χ2v) is 9.70. The minimum atomic E-state index is -3.92. The highest BCUT2D eigenvalue weighted by atomic mass is 32.2. The first kappa shape index (κ1) is 21.0. The van der Waals surface area contributed by atoms with Crippen LogP contribution in [0.2, 0.25) is 0 Å². The maximum atomic E-state index is 13.2. The molecule has 0 atom stereocenters. The summed E-state index contributed by atoms with van der Waals surface area (Å²) in [5.74, 6) is -1.36. The first-order valence-corrected chi connectivity index (χ1v) is 11.1. The topological polar surface area (TPSA) is 89.5 Å². The summed E-state index contributed by atoms with van der Waals surface area (Å²) in [7, 11) is -3.92. The Morgan fingerprint density at radius 2 is 1.66 bits per heavy atom. The van der Waals surface area contributed by atoms with Crippen LogP contribution in [-0.2, 0) is 24.2 Å². The van der Waals surface area contributed by atoms with Gasteiger partial charge in [-0.3, -0.25) is 9.59 Å². The number of hydrogen-bond donors (Lipinski definition) is 1. The van der Waals surface area contributed by atoms with Gasteiger partial charge in [-0.1, -0.05) is 37.1 Å². The van der Waals surface area contributed by atoms with E-state index < -0.39 is 33.1 Å². The summed E-state index contributed by atoms with van der Waals surface area (Å²) in [6.07, 6.45) is 1.63. The van der Waals surface area contributed by atoms with Crippen LogP contribution in [0.1, 0.15) is 36.8 Å². The highest BCUT2D eigenvalue weighted by Crippen LogP contribution is 2.41. The van der Waals surface area contributed by atoms with E-state index in [9.17, 15) is 18.0 Å². The van der Waals surface area contributed by atoms with Gasteiger partial charge < -0.3 is 10.1 Å². The number of anilines is 1. The highest BCUT2D eigenvalue weighted by molar-refractivity contribution is 7.93. The van der Waals surface area contributed by atoms with Gasteiger partial charge in [0.1, 0.15) is 0 Å². The van der Waals surface area contributed by atoms with E-state index in [-0.39, 0.29) is 17.7 Å². The van der Waals surface area contributed by atoms with Gasteiger partial charge in [-0.05, 0) is 62.1 Å². The third-order valence-corrected chi connectivity index (χ3v) is 7.97. The van der Waals surface area contributed by atoms with E-state index in [2.05, 4.69) is 5.32 Å². The van der Waals surface area contributed by atoms with Gasteiger partial charge in [0.2, 0.25) is 0 Å². The summed E-state index contributed by atoms with van der Waals surface area (Å²) >= 11 is 0. The van der Waals surface area contributed by atoms with Crippen LogP contribution in [-0.4, -0.2) is 31.6 Å². The molecule has 0 unspecified atom stereocenters. The van der Waals surface area contributed by atoms with Crippen LogP contribution in [0, 0.1) is 13.8 Å². The van der Waals surface area contributed by atoms with Crippen LogP contribution < -0.4 is 5.32 Å². The first-order chi connectivity index (χ1) is 13.8. The second kappa shape index (κ2) is 8.37. The van der Waals surface area contributed by atoms with Crippen molar-refractivity contribution in [1.82, 2.24) is 0 Å². The predicted molar refractivity (Wildman–Crippen MR) is 110 cm³/mol. The number of nitrogens with one attached hydrogen (secondary N) is 1. The van der Waals surface area contributed by atoms with Crippen molar-refractivity contribution in [3.63, 3.8) is 0 Å². The van der Waals surface area contributed by atoms with E-state index in [1.165, 1.54) is 12.1 Å². The lowest BCUT2D eigenvalue weighted by Crippen LogP contribution is -2.46. The van der Waals surface area contributed by atoms with Gasteiger partial charge in [-0.15, -0.1) is 0 Å². The Morgan fingerprint density at radius 3 is 2.28 bits per heavy atom. The zero-order valence-electron chi connectivity index (χ0n) is 16.6. The highest BCUT2D eigenvalue weighted by Gasteiger charge is 2.54. The van der Waals surface area contributed by atoms with Crippen molar-refractivity contribution >= 4 is 27.4 Å². The Balaban J connectivity index is 1.72. The zero-order chi connectivity index (χ0) is 21.1. The summed E-state index contributed by atoms with van der Waals surface area (Å²) in [5.41, 5.74) is 2.73. The van der Waals surface area contributed by atoms with Crippen LogP contribution in [0.3, 0.4) is 0 Å². The molecule has 6 nitrogen and oxygen atoms in total. The lowest BCUT2D eigenvalue weighted by atomic mass is 10.1. The molecule has 29 heavy (non-hydrogen) atoms. The van der Waals surface area contributed by atoms with E-state index in [4.69, 9.17) is 4.74 Å². The molecule has 1 saturated carbocycles. The fourth-order valence-corrected chi connectivity index (χ4v) is 5.70. The maximum absolute atomic E-state index is 13.2. The molecule has 0 radical (unpaired) electrons. The molecule has 154 valence electrons. The number of amides is 1. The largest absolute Gasteiger partial charge is 0.454 e. The molecule has 0 heterocycles. The average molecular weight is 416 g/mol. The molecular weight excluding hydrogens is 390 g/mol. The molecule has 1 amide bonds. The standard InChI is InChI=1S/C22H25NO5S/c1-16-10-11-18(14-17(16)2)23-20(24)15-28-21(25)22(12-6-7-13-22)29(26,27)19-8-4-3-5-9-19/h3-5,8-11,14H,6-7,12-13,15H2,1-2H3,(H,23,24). The number of carbonyl (C=O) groups excluding carboxylic acids is 2. The number of aryl methyl sites for hydroxylation is 2. The minimum absolute atomic E-state index is 0.0958. The van der Waals surface area contributed by atoms with E-state index in [1.807, 2.05) is 26.0 Å². The normalized spacial score (nSPS) is 15.7. The molecule has 0 spiro atoms. The summed E-state index contributed by atoms with van der Waals surface area (Å²) in [6, 6.07) is 13.4. The molecule has 7 heteroatoms. The van der Waals surface area contributed by atoms with Gasteiger partial charge in [0.15, 0.2) is 21.2 Å². The van der Waals surface area contributed by atoms with Gasteiger partial charge in [-0.25, -0.2) is 8.42 Å². The molecule has 1 fully saturated rings. The number of sulfone groups is 1. The molecule has 0 aromatic heterocycles. The number of esters is 1. The molecule has 3 rings (SSSR count). The van der Waals surface area contributed by atoms with Crippen molar-refractivity contribution in [2.75, 3.05) is 11.9 Å². The van der Waals surface area contributed by atoms with Crippen LogP contribution in [0.25, 0.3) is 0 Å². The number of benzene rings is 2. The third-order valence-electron chi connectivity index (χ3n) is 5.48. The zero-order valence-corrected chi connectivity index (χ0v) is 17.4. The third kappa shape index (κ3) is 4.19. The number of ether oxygens (including phenoxy) is 1. The summed E-state index contributed by atoms with van der Waals surface area (Å²) in [6.45, 7) is 3.37. The monoisotopic (exact) mass is 415 g/mol. The van der Waals surface area contributed by atoms with Crippen LogP contribution in [0.15, 0.2) is 53.4 Å². The van der Waals surface area contributed by atoms with Crippen molar-refractivity contribution in [3.05, 3.63) is 59.7 Å². The Kier molecular flexibility index (Phi) is 6.07. The van der Waals surface area contributed by atoms with Crippen LogP contribution in [0.4, 0.5) is 5.69 Å². The molecule has 2 aromatic carbocycles. The maximum Gasteiger partial charge on any atom is 0.328 e. The molecule has 1 aliphatic carbocycles. The van der Waals surface area contributed by atoms with E-state index in [0.29, 0.717) is 18.5 Å². The summed E-state index contributed by atoms with van der Waals surface area (Å²) in [4.78, 5) is 25.2. The number of hydrogen-bond acceptors (Lipinski definition) is 5. The molecule has 1 N–H and O–H groups in total. The molecule has 1 aliphatic rings.